The molecule has 0 aromatic carbocycles. The van der Waals surface area contributed by atoms with Crippen molar-refractivity contribution in [2.24, 2.45) is 5.14 Å². The van der Waals surface area contributed by atoms with E-state index in [2.05, 4.69) is 4.98 Å². The van der Waals surface area contributed by atoms with Crippen LogP contribution in [0.25, 0.3) is 0 Å². The summed E-state index contributed by atoms with van der Waals surface area (Å²) >= 11 is 0. The molecular weight excluding hydrogens is 260 g/mol. The van der Waals surface area contributed by atoms with Crippen molar-refractivity contribution < 1.29 is 22.1 Å². The van der Waals surface area contributed by atoms with Crippen LogP contribution in [0.15, 0.2) is 11.0 Å². The maximum atomic E-state index is 12.6. The normalized spacial score (nSPS) is 11.8. The van der Waals surface area contributed by atoms with Crippen molar-refractivity contribution in [2.45, 2.75) is 18.2 Å². The van der Waals surface area contributed by atoms with E-state index in [4.69, 9.17) is 5.14 Å². The van der Waals surface area contributed by atoms with Gasteiger partial charge in [-0.2, -0.15) is 0 Å². The van der Waals surface area contributed by atoms with Gasteiger partial charge in [0.1, 0.15) is 10.5 Å². The lowest BCUT2D eigenvalue weighted by Gasteiger charge is -2.07. The second kappa shape index (κ2) is 4.30. The average molecular weight is 267 g/mol. The van der Waals surface area contributed by atoms with Gasteiger partial charge in [0, 0.05) is 13.0 Å². The lowest BCUT2D eigenvalue weighted by Crippen LogP contribution is -2.17. The molecule has 0 aliphatic rings. The van der Waals surface area contributed by atoms with E-state index >= 15 is 0 Å². The summed E-state index contributed by atoms with van der Waals surface area (Å²) in [5.41, 5.74) is -1.38. The highest BCUT2D eigenvalue weighted by molar-refractivity contribution is 7.89. The predicted octanol–water partition coefficient (Wildman–Crippen LogP) is 0.883. The van der Waals surface area contributed by atoms with E-state index < -0.39 is 37.6 Å². The summed E-state index contributed by atoms with van der Waals surface area (Å²) in [7, 11) is -4.48. The molecule has 94 valence electrons. The summed E-state index contributed by atoms with van der Waals surface area (Å²) in [6, 6.07) is 0.768. The van der Waals surface area contributed by atoms with E-state index in [9.17, 15) is 27.3 Å². The summed E-state index contributed by atoms with van der Waals surface area (Å²) in [4.78, 5) is 11.6. The van der Waals surface area contributed by atoms with Gasteiger partial charge in [0.15, 0.2) is 5.69 Å². The zero-order valence-corrected chi connectivity index (χ0v) is 9.24. The van der Waals surface area contributed by atoms with Gasteiger partial charge in [-0.25, -0.2) is 22.3 Å². The van der Waals surface area contributed by atoms with Crippen LogP contribution in [0, 0.1) is 17.0 Å². The zero-order chi connectivity index (χ0) is 13.4. The van der Waals surface area contributed by atoms with Gasteiger partial charge in [-0.3, -0.25) is 0 Å². The summed E-state index contributed by atoms with van der Waals surface area (Å²) in [5.74, 6) is -1.20. The highest BCUT2D eigenvalue weighted by Crippen LogP contribution is 2.33. The number of halogens is 2. The van der Waals surface area contributed by atoms with Crippen LogP contribution in [0.4, 0.5) is 14.6 Å². The topological polar surface area (TPSA) is 116 Å². The monoisotopic (exact) mass is 267 g/mol. The summed E-state index contributed by atoms with van der Waals surface area (Å²) in [6.45, 7) is 1.23. The van der Waals surface area contributed by atoms with Gasteiger partial charge < -0.3 is 10.1 Å². The van der Waals surface area contributed by atoms with Crippen molar-refractivity contribution in [1.82, 2.24) is 4.98 Å². The van der Waals surface area contributed by atoms with E-state index in [0.717, 1.165) is 6.07 Å². The number of nitrogens with two attached hydrogens (primary N) is 1. The number of nitrogens with zero attached hydrogens (tertiary/aromatic N) is 2. The number of sulfonamides is 1. The number of hydrogen-bond donors (Lipinski definition) is 1. The van der Waals surface area contributed by atoms with Gasteiger partial charge in [-0.1, -0.05) is 0 Å². The van der Waals surface area contributed by atoms with Gasteiger partial charge in [-0.05, 0) is 9.91 Å². The molecule has 0 radical (unpaired) electrons. The Bertz CT molecular complexity index is 573. The van der Waals surface area contributed by atoms with Crippen LogP contribution in [-0.4, -0.2) is 18.3 Å². The van der Waals surface area contributed by atoms with Gasteiger partial charge in [0.2, 0.25) is 10.0 Å². The Morgan fingerprint density at radius 1 is 1.53 bits per heavy atom. The Labute approximate surface area is 94.5 Å². The van der Waals surface area contributed by atoms with Gasteiger partial charge in [-0.15, -0.1) is 0 Å². The Kier molecular flexibility index (Phi) is 3.38. The molecular formula is C7H7F2N3O4S. The lowest BCUT2D eigenvalue weighted by molar-refractivity contribution is -0.391. The first kappa shape index (κ1) is 13.4. The number of primary sulfonamides is 1. The van der Waals surface area contributed by atoms with Crippen molar-refractivity contribution in [3.05, 3.63) is 27.4 Å². The molecule has 0 saturated carbocycles. The van der Waals surface area contributed by atoms with Gasteiger partial charge in [0.25, 0.3) is 6.43 Å². The fourth-order valence-corrected chi connectivity index (χ4v) is 2.04. The number of rotatable bonds is 3. The molecule has 0 fully saturated rings. The molecule has 0 amide bonds. The van der Waals surface area contributed by atoms with Gasteiger partial charge >= 0.3 is 5.82 Å². The maximum absolute atomic E-state index is 12.6. The SMILES string of the molecule is Cc1cc(S(N)(=O)=O)c(C(F)F)c([N+](=O)[O-])n1. The molecule has 0 bridgehead atoms. The minimum Gasteiger partial charge on any atom is -0.358 e. The van der Waals surface area contributed by atoms with Crippen LogP contribution in [0.1, 0.15) is 17.7 Å². The minimum atomic E-state index is -4.48. The smallest absolute Gasteiger partial charge is 0.358 e. The number of alkyl halides is 2. The van der Waals surface area contributed by atoms with E-state index in [-0.39, 0.29) is 5.69 Å². The third kappa shape index (κ3) is 2.71. The molecule has 1 rings (SSSR count). The summed E-state index contributed by atoms with van der Waals surface area (Å²) in [5, 5.41) is 15.3. The third-order valence-electron chi connectivity index (χ3n) is 1.83. The Hall–Kier alpha value is -1.68. The second-order valence-electron chi connectivity index (χ2n) is 3.10. The fourth-order valence-electron chi connectivity index (χ4n) is 1.22. The van der Waals surface area contributed by atoms with Crippen molar-refractivity contribution >= 4 is 15.8 Å². The largest absolute Gasteiger partial charge is 0.374 e. The van der Waals surface area contributed by atoms with Crippen molar-refractivity contribution in [2.75, 3.05) is 0 Å². The van der Waals surface area contributed by atoms with Crippen LogP contribution in [0.2, 0.25) is 0 Å². The molecule has 2 N–H and O–H groups in total. The molecule has 0 aliphatic carbocycles. The molecule has 0 saturated heterocycles. The average Bonchev–Trinajstić information content (AvgIpc) is 2.14. The van der Waals surface area contributed by atoms with E-state index in [1.54, 1.807) is 0 Å². The van der Waals surface area contributed by atoms with E-state index in [0.29, 0.717) is 0 Å². The molecule has 0 aliphatic heterocycles. The predicted molar refractivity (Wildman–Crippen MR) is 52.0 cm³/mol. The third-order valence-corrected chi connectivity index (χ3v) is 2.78. The molecule has 0 atom stereocenters. The summed E-state index contributed by atoms with van der Waals surface area (Å²) in [6.07, 6.45) is -3.36. The number of aryl methyl sites for hydroxylation is 1. The Morgan fingerprint density at radius 3 is 2.41 bits per heavy atom. The number of aromatic nitrogens is 1. The second-order valence-corrected chi connectivity index (χ2v) is 4.63. The fraction of sp³-hybridized carbons (Fsp3) is 0.286. The molecule has 1 aromatic heterocycles. The van der Waals surface area contributed by atoms with Crippen LogP contribution in [-0.2, 0) is 10.0 Å². The first-order valence-corrected chi connectivity index (χ1v) is 5.66. The van der Waals surface area contributed by atoms with Crippen molar-refractivity contribution in [3.8, 4) is 0 Å². The van der Waals surface area contributed by atoms with Gasteiger partial charge in [0.05, 0.1) is 0 Å². The summed E-state index contributed by atoms with van der Waals surface area (Å²) < 4.78 is 47.5. The van der Waals surface area contributed by atoms with Crippen LogP contribution in [0.5, 0.6) is 0 Å². The number of pyridine rings is 1. The van der Waals surface area contributed by atoms with Crippen LogP contribution >= 0.6 is 0 Å². The van der Waals surface area contributed by atoms with Crippen molar-refractivity contribution in [3.63, 3.8) is 0 Å². The maximum Gasteiger partial charge on any atom is 0.374 e. The number of nitro groups is 1. The van der Waals surface area contributed by atoms with E-state index in [1.165, 1.54) is 6.92 Å². The quantitative estimate of drug-likeness (QED) is 0.644. The molecule has 17 heavy (non-hydrogen) atoms. The Balaban J connectivity index is 3.77. The Morgan fingerprint density at radius 2 is 2.06 bits per heavy atom. The van der Waals surface area contributed by atoms with Crippen molar-refractivity contribution in [1.29, 1.82) is 0 Å². The first-order chi connectivity index (χ1) is 7.64. The molecule has 1 heterocycles. The standard InChI is InChI=1S/C7H7F2N3O4S/c1-3-2-4(17(10,15)16)5(6(8)9)7(11-3)12(13)14/h2,6H,1H3,(H2,10,15,16). The molecule has 1 aromatic rings. The van der Waals surface area contributed by atoms with Crippen LogP contribution in [0.3, 0.4) is 0 Å². The first-order valence-electron chi connectivity index (χ1n) is 4.11. The minimum absolute atomic E-state index is 0.0925. The molecule has 0 unspecified atom stereocenters. The number of hydrogen-bond acceptors (Lipinski definition) is 5. The highest BCUT2D eigenvalue weighted by Gasteiger charge is 2.32. The zero-order valence-electron chi connectivity index (χ0n) is 8.42. The van der Waals surface area contributed by atoms with E-state index in [1.807, 2.05) is 0 Å². The molecule has 7 nitrogen and oxygen atoms in total. The van der Waals surface area contributed by atoms with Crippen LogP contribution < -0.4 is 5.14 Å². The molecule has 0 spiro atoms. The molecule has 10 heteroatoms. The lowest BCUT2D eigenvalue weighted by atomic mass is 10.2. The highest BCUT2D eigenvalue weighted by atomic mass is 32.2.